The lowest BCUT2D eigenvalue weighted by molar-refractivity contribution is 0.310. The van der Waals surface area contributed by atoms with Crippen molar-refractivity contribution in [3.05, 3.63) is 0 Å². The fourth-order valence-electron chi connectivity index (χ4n) is 2.93. The maximum atomic E-state index is 3.67. The molecule has 2 rings (SSSR count). The highest BCUT2D eigenvalue weighted by Gasteiger charge is 2.33. The molecule has 94 valence electrons. The first-order valence-corrected chi connectivity index (χ1v) is 7.24. The third-order valence-electron chi connectivity index (χ3n) is 4.09. The van der Waals surface area contributed by atoms with E-state index in [1.54, 1.807) is 0 Å². The molecule has 0 spiro atoms. The van der Waals surface area contributed by atoms with Gasteiger partial charge in [-0.15, -0.1) is 0 Å². The van der Waals surface area contributed by atoms with E-state index in [2.05, 4.69) is 24.1 Å². The molecular weight excluding hydrogens is 196 g/mol. The summed E-state index contributed by atoms with van der Waals surface area (Å²) in [5.74, 6) is 1.78. The molecule has 0 amide bonds. The van der Waals surface area contributed by atoms with Crippen molar-refractivity contribution < 1.29 is 0 Å². The Morgan fingerprint density at radius 2 is 2.12 bits per heavy atom. The topological polar surface area (TPSA) is 15.3 Å². The van der Waals surface area contributed by atoms with Gasteiger partial charge in [-0.2, -0.15) is 0 Å². The number of likely N-dealkylation sites (tertiary alicyclic amines) is 1. The monoisotopic (exact) mass is 224 g/mol. The summed E-state index contributed by atoms with van der Waals surface area (Å²) in [5.41, 5.74) is 0. The van der Waals surface area contributed by atoms with Gasteiger partial charge < -0.3 is 10.2 Å². The lowest BCUT2D eigenvalue weighted by Gasteiger charge is -2.16. The van der Waals surface area contributed by atoms with E-state index in [9.17, 15) is 0 Å². The van der Waals surface area contributed by atoms with E-state index >= 15 is 0 Å². The molecular formula is C14H28N2. The highest BCUT2D eigenvalue weighted by Crippen LogP contribution is 2.31. The predicted molar refractivity (Wildman–Crippen MR) is 69.6 cm³/mol. The molecule has 16 heavy (non-hydrogen) atoms. The zero-order valence-corrected chi connectivity index (χ0v) is 11.0. The molecule has 2 unspecified atom stereocenters. The van der Waals surface area contributed by atoms with E-state index in [4.69, 9.17) is 0 Å². The maximum Gasteiger partial charge on any atom is 0.00965 e. The van der Waals surface area contributed by atoms with Crippen molar-refractivity contribution in [1.29, 1.82) is 0 Å². The lowest BCUT2D eigenvalue weighted by atomic mass is 10.1. The quantitative estimate of drug-likeness (QED) is 0.715. The van der Waals surface area contributed by atoms with Crippen molar-refractivity contribution in [1.82, 2.24) is 10.2 Å². The summed E-state index contributed by atoms with van der Waals surface area (Å²) in [6.07, 6.45) is 7.04. The van der Waals surface area contributed by atoms with Crippen molar-refractivity contribution >= 4 is 0 Å². The standard InChI is InChI=1S/C14H28N2/c1-3-4-12(2)9-15-10-13-7-8-16(11-13)14-5-6-14/h12-15H,3-11H2,1-2H3. The van der Waals surface area contributed by atoms with Crippen LogP contribution in [-0.4, -0.2) is 37.1 Å². The Hall–Kier alpha value is -0.0800. The molecule has 0 aromatic heterocycles. The van der Waals surface area contributed by atoms with Crippen LogP contribution in [0.3, 0.4) is 0 Å². The number of hydrogen-bond acceptors (Lipinski definition) is 2. The fourth-order valence-corrected chi connectivity index (χ4v) is 2.93. The molecule has 0 aromatic rings. The normalized spacial score (nSPS) is 28.5. The van der Waals surface area contributed by atoms with Gasteiger partial charge >= 0.3 is 0 Å². The molecule has 1 aliphatic heterocycles. The van der Waals surface area contributed by atoms with Crippen molar-refractivity contribution in [3.8, 4) is 0 Å². The molecule has 2 nitrogen and oxygen atoms in total. The van der Waals surface area contributed by atoms with Gasteiger partial charge in [0.05, 0.1) is 0 Å². The van der Waals surface area contributed by atoms with E-state index < -0.39 is 0 Å². The number of rotatable bonds is 7. The minimum Gasteiger partial charge on any atom is -0.316 e. The summed E-state index contributed by atoms with van der Waals surface area (Å²) in [7, 11) is 0. The first-order chi connectivity index (χ1) is 7.79. The van der Waals surface area contributed by atoms with E-state index in [0.29, 0.717) is 0 Å². The second kappa shape index (κ2) is 6.02. The van der Waals surface area contributed by atoms with Gasteiger partial charge in [0.1, 0.15) is 0 Å². The molecule has 1 saturated carbocycles. The molecule has 0 bridgehead atoms. The molecule has 1 heterocycles. The van der Waals surface area contributed by atoms with Gasteiger partial charge in [-0.3, -0.25) is 0 Å². The third kappa shape index (κ3) is 3.74. The SMILES string of the molecule is CCCC(C)CNCC1CCN(C2CC2)C1. The van der Waals surface area contributed by atoms with Gasteiger partial charge in [0.2, 0.25) is 0 Å². The number of nitrogens with one attached hydrogen (secondary N) is 1. The first-order valence-electron chi connectivity index (χ1n) is 7.24. The summed E-state index contributed by atoms with van der Waals surface area (Å²) < 4.78 is 0. The third-order valence-corrected chi connectivity index (χ3v) is 4.09. The van der Waals surface area contributed by atoms with Crippen LogP contribution in [0, 0.1) is 11.8 Å². The van der Waals surface area contributed by atoms with Gasteiger partial charge in [0, 0.05) is 12.6 Å². The Bertz CT molecular complexity index is 201. The van der Waals surface area contributed by atoms with Gasteiger partial charge in [-0.25, -0.2) is 0 Å². The van der Waals surface area contributed by atoms with E-state index in [-0.39, 0.29) is 0 Å². The molecule has 0 radical (unpaired) electrons. The molecule has 0 aromatic carbocycles. The van der Waals surface area contributed by atoms with Gasteiger partial charge in [0.25, 0.3) is 0 Å². The first kappa shape index (κ1) is 12.4. The van der Waals surface area contributed by atoms with Crippen molar-refractivity contribution in [2.75, 3.05) is 26.2 Å². The molecule has 1 N–H and O–H groups in total. The molecule has 1 aliphatic carbocycles. The Morgan fingerprint density at radius 1 is 1.31 bits per heavy atom. The Morgan fingerprint density at radius 3 is 2.81 bits per heavy atom. The van der Waals surface area contributed by atoms with E-state index in [0.717, 1.165) is 17.9 Å². The second-order valence-electron chi connectivity index (χ2n) is 5.93. The van der Waals surface area contributed by atoms with Gasteiger partial charge in [0.15, 0.2) is 0 Å². The summed E-state index contributed by atoms with van der Waals surface area (Å²) in [6, 6.07) is 0.976. The maximum absolute atomic E-state index is 3.67. The van der Waals surface area contributed by atoms with Crippen LogP contribution in [-0.2, 0) is 0 Å². The Labute approximate surface area is 101 Å². The van der Waals surface area contributed by atoms with Crippen molar-refractivity contribution in [2.24, 2.45) is 11.8 Å². The van der Waals surface area contributed by atoms with Crippen LogP contribution in [0.25, 0.3) is 0 Å². The van der Waals surface area contributed by atoms with Crippen molar-refractivity contribution in [2.45, 2.75) is 52.0 Å². The zero-order chi connectivity index (χ0) is 11.4. The number of nitrogens with zero attached hydrogens (tertiary/aromatic N) is 1. The summed E-state index contributed by atoms with van der Waals surface area (Å²) in [6.45, 7) is 9.83. The molecule has 2 aliphatic rings. The number of hydrogen-bond donors (Lipinski definition) is 1. The van der Waals surface area contributed by atoms with Crippen LogP contribution in [0.2, 0.25) is 0 Å². The van der Waals surface area contributed by atoms with Crippen LogP contribution in [0.5, 0.6) is 0 Å². The zero-order valence-electron chi connectivity index (χ0n) is 11.0. The van der Waals surface area contributed by atoms with Crippen LogP contribution < -0.4 is 5.32 Å². The largest absolute Gasteiger partial charge is 0.316 e. The summed E-state index contributed by atoms with van der Waals surface area (Å²) in [5, 5.41) is 3.67. The Balaban J connectivity index is 1.53. The van der Waals surface area contributed by atoms with E-state index in [1.807, 2.05) is 0 Å². The van der Waals surface area contributed by atoms with Crippen LogP contribution in [0.15, 0.2) is 0 Å². The molecule has 2 atom stereocenters. The molecule has 1 saturated heterocycles. The molecule has 2 fully saturated rings. The van der Waals surface area contributed by atoms with Gasteiger partial charge in [-0.1, -0.05) is 20.3 Å². The average molecular weight is 224 g/mol. The highest BCUT2D eigenvalue weighted by atomic mass is 15.2. The second-order valence-corrected chi connectivity index (χ2v) is 5.93. The van der Waals surface area contributed by atoms with Crippen LogP contribution >= 0.6 is 0 Å². The fraction of sp³-hybridized carbons (Fsp3) is 1.00. The van der Waals surface area contributed by atoms with Crippen LogP contribution in [0.4, 0.5) is 0 Å². The Kier molecular flexibility index (Phi) is 4.66. The van der Waals surface area contributed by atoms with Crippen molar-refractivity contribution in [3.63, 3.8) is 0 Å². The van der Waals surface area contributed by atoms with E-state index in [1.165, 1.54) is 58.3 Å². The highest BCUT2D eigenvalue weighted by molar-refractivity contribution is 4.89. The minimum atomic E-state index is 0.853. The minimum absolute atomic E-state index is 0.853. The average Bonchev–Trinajstić information content (AvgIpc) is 3.00. The summed E-state index contributed by atoms with van der Waals surface area (Å²) in [4.78, 5) is 2.71. The summed E-state index contributed by atoms with van der Waals surface area (Å²) >= 11 is 0. The predicted octanol–water partition coefficient (Wildman–Crippen LogP) is 2.50. The smallest absolute Gasteiger partial charge is 0.00965 e. The lowest BCUT2D eigenvalue weighted by Crippen LogP contribution is -2.30. The van der Waals surface area contributed by atoms with Crippen LogP contribution in [0.1, 0.15) is 46.0 Å². The molecule has 2 heteroatoms. The van der Waals surface area contributed by atoms with Gasteiger partial charge in [-0.05, 0) is 57.2 Å².